The van der Waals surface area contributed by atoms with Gasteiger partial charge < -0.3 is 23.8 Å². The largest absolute Gasteiger partial charge is 0.444 e. The molecule has 3 aliphatic heterocycles. The van der Waals surface area contributed by atoms with E-state index in [1.54, 1.807) is 22.9 Å². The molecule has 4 heterocycles. The van der Waals surface area contributed by atoms with E-state index in [1.807, 2.05) is 41.5 Å². The van der Waals surface area contributed by atoms with Gasteiger partial charge in [0.05, 0.1) is 32.0 Å². The second kappa shape index (κ2) is 13.3. The van der Waals surface area contributed by atoms with E-state index in [-0.39, 0.29) is 54.3 Å². The van der Waals surface area contributed by atoms with Crippen molar-refractivity contribution in [3.8, 4) is 0 Å². The summed E-state index contributed by atoms with van der Waals surface area (Å²) in [7, 11) is 0. The predicted molar refractivity (Wildman–Crippen MR) is 176 cm³/mol. The number of pyridine rings is 1. The molecule has 0 bridgehead atoms. The van der Waals surface area contributed by atoms with Crippen LogP contribution in [0.4, 0.5) is 19.3 Å². The van der Waals surface area contributed by atoms with Crippen LogP contribution >= 0.6 is 0 Å². The number of carbonyl (C=O) groups is 2. The number of halogens is 2. The van der Waals surface area contributed by atoms with Gasteiger partial charge in [-0.1, -0.05) is 19.9 Å². The maximum atomic E-state index is 14.6. The molecule has 0 N–H and O–H groups in total. The number of hydrogen-bond donors (Lipinski definition) is 0. The average molecular weight is 658 g/mol. The number of ether oxygens (including phenoxy) is 2. The summed E-state index contributed by atoms with van der Waals surface area (Å²) in [6.45, 7) is 19.4. The topological polar surface area (TPSA) is 87.6 Å². The van der Waals surface area contributed by atoms with Crippen LogP contribution in [0.2, 0.25) is 0 Å². The Morgan fingerprint density at radius 1 is 1.09 bits per heavy atom. The molecule has 0 radical (unpaired) electrons. The van der Waals surface area contributed by atoms with Crippen LogP contribution in [0.5, 0.6) is 0 Å². The van der Waals surface area contributed by atoms with Crippen LogP contribution in [0.25, 0.3) is 0 Å². The van der Waals surface area contributed by atoms with Crippen molar-refractivity contribution in [1.29, 1.82) is 0 Å². The number of anilines is 1. The van der Waals surface area contributed by atoms with Crippen LogP contribution in [0, 0.1) is 18.6 Å². The first-order chi connectivity index (χ1) is 21.9. The molecule has 2 aromatic rings. The predicted octanol–water partition coefficient (Wildman–Crippen LogP) is 4.14. The first kappa shape index (κ1) is 35.0. The van der Waals surface area contributed by atoms with Crippen molar-refractivity contribution in [3.05, 3.63) is 63.1 Å². The van der Waals surface area contributed by atoms with Gasteiger partial charge in [-0.05, 0) is 53.2 Å². The molecule has 3 aliphatic rings. The lowest BCUT2D eigenvalue weighted by Gasteiger charge is -2.47. The third-order valence-corrected chi connectivity index (χ3v) is 9.54. The fourth-order valence-electron chi connectivity index (χ4n) is 7.19. The number of rotatable bonds is 6. The number of benzene rings is 1. The van der Waals surface area contributed by atoms with Gasteiger partial charge in [0.15, 0.2) is 0 Å². The molecule has 2 fully saturated rings. The second-order valence-electron chi connectivity index (χ2n) is 15.0. The van der Waals surface area contributed by atoms with E-state index in [0.29, 0.717) is 50.6 Å². The van der Waals surface area contributed by atoms with Gasteiger partial charge in [0.25, 0.3) is 5.56 Å². The van der Waals surface area contributed by atoms with Gasteiger partial charge in [0.1, 0.15) is 17.2 Å². The van der Waals surface area contributed by atoms with Gasteiger partial charge in [-0.2, -0.15) is 0 Å². The van der Waals surface area contributed by atoms with Crippen molar-refractivity contribution < 1.29 is 27.8 Å². The number of carbonyl (C=O) groups excluding carboxylic acids is 2. The van der Waals surface area contributed by atoms with Crippen molar-refractivity contribution in [1.82, 2.24) is 19.3 Å². The summed E-state index contributed by atoms with van der Waals surface area (Å²) in [6.07, 6.45) is 1.27. The maximum Gasteiger partial charge on any atom is 0.410 e. The van der Waals surface area contributed by atoms with Crippen LogP contribution in [0.1, 0.15) is 65.2 Å². The Labute approximate surface area is 276 Å². The molecule has 5 rings (SSSR count). The molecule has 0 unspecified atom stereocenters. The Bertz CT molecular complexity index is 1570. The lowest BCUT2D eigenvalue weighted by atomic mass is 9.85. The van der Waals surface area contributed by atoms with E-state index in [4.69, 9.17) is 9.47 Å². The highest BCUT2D eigenvalue weighted by Crippen LogP contribution is 2.41. The van der Waals surface area contributed by atoms with Crippen molar-refractivity contribution in [2.45, 2.75) is 91.1 Å². The van der Waals surface area contributed by atoms with Crippen LogP contribution in [-0.2, 0) is 26.2 Å². The summed E-state index contributed by atoms with van der Waals surface area (Å²) in [5, 5.41) is 0. The van der Waals surface area contributed by atoms with E-state index in [0.717, 1.165) is 18.2 Å². The first-order valence-electron chi connectivity index (χ1n) is 16.5. The van der Waals surface area contributed by atoms with Crippen molar-refractivity contribution in [3.63, 3.8) is 0 Å². The Morgan fingerprint density at radius 2 is 1.81 bits per heavy atom. The zero-order chi connectivity index (χ0) is 34.4. The average Bonchev–Trinajstić information content (AvgIpc) is 3.24. The van der Waals surface area contributed by atoms with Crippen molar-refractivity contribution >= 4 is 17.7 Å². The van der Waals surface area contributed by atoms with Gasteiger partial charge in [-0.15, -0.1) is 0 Å². The molecule has 1 aromatic heterocycles. The van der Waals surface area contributed by atoms with Crippen LogP contribution < -0.4 is 10.5 Å². The lowest BCUT2D eigenvalue weighted by molar-refractivity contribution is -0.121. The Kier molecular flexibility index (Phi) is 9.88. The molecule has 2 saturated heterocycles. The number of aromatic nitrogens is 1. The van der Waals surface area contributed by atoms with Crippen LogP contribution in [-0.4, -0.2) is 107 Å². The molecule has 0 saturated carbocycles. The highest BCUT2D eigenvalue weighted by molar-refractivity contribution is 5.97. The van der Waals surface area contributed by atoms with Gasteiger partial charge in [0.2, 0.25) is 5.91 Å². The summed E-state index contributed by atoms with van der Waals surface area (Å²) in [4.78, 5) is 49.0. The number of fused-ring (bicyclic) bond motifs is 1. The summed E-state index contributed by atoms with van der Waals surface area (Å²) in [6, 6.07) is 3.19. The Morgan fingerprint density at radius 3 is 2.47 bits per heavy atom. The monoisotopic (exact) mass is 657 g/mol. The SMILES string of the molecule is Cc1c2c(cn(Cc3ccc(F)cc3F)c1=O)N(C(=O)CN1C[C@@H](C)N(C(=O)OC(C)(C)C)C[C@@H]1CN1CCOC[C@H]1C)CC2(C)C. The summed E-state index contributed by atoms with van der Waals surface area (Å²) < 4.78 is 40.9. The molecule has 3 atom stereocenters. The summed E-state index contributed by atoms with van der Waals surface area (Å²) in [5.41, 5.74) is 0.715. The molecule has 258 valence electrons. The van der Waals surface area contributed by atoms with Crippen molar-refractivity contribution in [2.24, 2.45) is 0 Å². The number of piperazine rings is 1. The van der Waals surface area contributed by atoms with Crippen LogP contribution in [0.3, 0.4) is 0 Å². The van der Waals surface area contributed by atoms with E-state index >= 15 is 0 Å². The standard InChI is InChI=1S/C35H49F2N5O5/c1-22-14-39(27(16-38-11-12-46-20-23(38)2)17-41(22)33(45)47-34(4,5)6)19-30(43)42-21-35(7,8)31-24(3)32(44)40(18-29(31)42)15-25-9-10-26(36)13-28(25)37/h9-10,13,18,22-23,27H,11-12,14-17,19-21H2,1-8H3/t22-,23-,27+/m1/s1. The fourth-order valence-corrected chi connectivity index (χ4v) is 7.19. The first-order valence-corrected chi connectivity index (χ1v) is 16.5. The van der Waals surface area contributed by atoms with E-state index in [2.05, 4.69) is 16.7 Å². The Hall–Kier alpha value is -3.35. The second-order valence-corrected chi connectivity index (χ2v) is 15.0. The maximum absolute atomic E-state index is 14.6. The lowest BCUT2D eigenvalue weighted by Crippen LogP contribution is -2.64. The molecule has 1 aromatic carbocycles. The molecular weight excluding hydrogens is 608 g/mol. The van der Waals surface area contributed by atoms with E-state index < -0.39 is 22.7 Å². The van der Waals surface area contributed by atoms with Crippen molar-refractivity contribution in [2.75, 3.05) is 57.4 Å². The molecule has 12 heteroatoms. The van der Waals surface area contributed by atoms with Gasteiger partial charge in [-0.25, -0.2) is 13.6 Å². The fraction of sp³-hybridized carbons (Fsp3) is 0.629. The van der Waals surface area contributed by atoms with E-state index in [9.17, 15) is 23.2 Å². The number of amides is 2. The van der Waals surface area contributed by atoms with Gasteiger partial charge in [0, 0.05) is 79.7 Å². The molecule has 2 amide bonds. The quantitative estimate of drug-likeness (QED) is 0.462. The minimum Gasteiger partial charge on any atom is -0.444 e. The Balaban J connectivity index is 1.42. The van der Waals surface area contributed by atoms with E-state index in [1.165, 1.54) is 16.7 Å². The third-order valence-electron chi connectivity index (χ3n) is 9.54. The molecular formula is C35H49F2N5O5. The zero-order valence-electron chi connectivity index (χ0n) is 28.9. The highest BCUT2D eigenvalue weighted by Gasteiger charge is 2.43. The van der Waals surface area contributed by atoms with Gasteiger partial charge in [-0.3, -0.25) is 19.4 Å². The third kappa shape index (κ3) is 7.54. The van der Waals surface area contributed by atoms with Gasteiger partial charge >= 0.3 is 6.09 Å². The molecule has 10 nitrogen and oxygen atoms in total. The number of nitrogens with zero attached hydrogens (tertiary/aromatic N) is 5. The molecule has 47 heavy (non-hydrogen) atoms. The van der Waals surface area contributed by atoms with Crippen LogP contribution in [0.15, 0.2) is 29.2 Å². The number of hydrogen-bond acceptors (Lipinski definition) is 7. The smallest absolute Gasteiger partial charge is 0.410 e. The number of morpholine rings is 1. The highest BCUT2D eigenvalue weighted by atomic mass is 19.1. The molecule has 0 spiro atoms. The minimum atomic E-state index is -0.733. The summed E-state index contributed by atoms with van der Waals surface area (Å²) in [5.74, 6) is -1.54. The normalized spacial score (nSPS) is 23.6. The molecule has 0 aliphatic carbocycles. The zero-order valence-corrected chi connectivity index (χ0v) is 28.9. The minimum absolute atomic E-state index is 0.0918. The summed E-state index contributed by atoms with van der Waals surface area (Å²) >= 11 is 0.